The van der Waals surface area contributed by atoms with Crippen LogP contribution in [0.15, 0.2) is 12.2 Å². The van der Waals surface area contributed by atoms with Gasteiger partial charge in [0.25, 0.3) is 0 Å². The van der Waals surface area contributed by atoms with Crippen molar-refractivity contribution >= 4 is 5.91 Å². The van der Waals surface area contributed by atoms with Gasteiger partial charge in [0.1, 0.15) is 0 Å². The normalized spacial score (nSPS) is 20.6. The lowest BCUT2D eigenvalue weighted by atomic mass is 10.0. The Kier molecular flexibility index (Phi) is 5.40. The van der Waals surface area contributed by atoms with Crippen LogP contribution in [0.4, 0.5) is 0 Å². The molecule has 0 spiro atoms. The average molecular weight is 210 g/mol. The van der Waals surface area contributed by atoms with E-state index in [4.69, 9.17) is 0 Å². The number of allylic oxidation sites excluding steroid dienone is 1. The number of amides is 1. The number of rotatable bonds is 5. The predicted molar refractivity (Wildman–Crippen MR) is 62.7 cm³/mol. The first kappa shape index (κ1) is 12.2. The zero-order valence-corrected chi connectivity index (χ0v) is 9.75. The van der Waals surface area contributed by atoms with E-state index in [2.05, 4.69) is 36.6 Å². The molecule has 2 N–H and O–H groups in total. The maximum absolute atomic E-state index is 11.5. The minimum absolute atomic E-state index is 0.170. The molecule has 1 unspecified atom stereocenters. The van der Waals surface area contributed by atoms with Crippen molar-refractivity contribution < 1.29 is 4.79 Å². The van der Waals surface area contributed by atoms with Crippen LogP contribution in [0, 0.1) is 0 Å². The van der Waals surface area contributed by atoms with E-state index in [1.165, 1.54) is 0 Å². The van der Waals surface area contributed by atoms with Crippen molar-refractivity contribution in [2.75, 3.05) is 6.54 Å². The van der Waals surface area contributed by atoms with Gasteiger partial charge in [-0.25, -0.2) is 0 Å². The molecule has 3 heteroatoms. The highest BCUT2D eigenvalue weighted by Crippen LogP contribution is 2.10. The molecule has 86 valence electrons. The van der Waals surface area contributed by atoms with E-state index in [9.17, 15) is 4.79 Å². The fraction of sp³-hybridized carbons (Fsp3) is 0.750. The molecule has 3 nitrogen and oxygen atoms in total. The van der Waals surface area contributed by atoms with Crippen molar-refractivity contribution in [2.45, 2.75) is 51.6 Å². The van der Waals surface area contributed by atoms with Gasteiger partial charge in [-0.1, -0.05) is 26.0 Å². The zero-order chi connectivity index (χ0) is 11.1. The average Bonchev–Trinajstić information content (AvgIpc) is 2.18. The lowest BCUT2D eigenvalue weighted by Gasteiger charge is -2.19. The summed E-state index contributed by atoms with van der Waals surface area (Å²) in [6, 6.07) is 0.817. The van der Waals surface area contributed by atoms with Crippen molar-refractivity contribution in [3.63, 3.8) is 0 Å². The van der Waals surface area contributed by atoms with Gasteiger partial charge >= 0.3 is 0 Å². The molecule has 0 radical (unpaired) electrons. The standard InChI is InChI=1S/C12H22N2O/c1-10(2)13-9-8-12(15)14-11-6-4-3-5-7-11/h3-4,10-11,13H,5-9H2,1-2H3,(H,14,15). The highest BCUT2D eigenvalue weighted by atomic mass is 16.1. The summed E-state index contributed by atoms with van der Waals surface area (Å²) >= 11 is 0. The molecule has 0 aromatic carbocycles. The molecule has 0 saturated heterocycles. The van der Waals surface area contributed by atoms with E-state index in [1.54, 1.807) is 0 Å². The third kappa shape index (κ3) is 5.57. The van der Waals surface area contributed by atoms with Gasteiger partial charge in [-0.3, -0.25) is 4.79 Å². The predicted octanol–water partition coefficient (Wildman–Crippen LogP) is 1.60. The monoisotopic (exact) mass is 210 g/mol. The topological polar surface area (TPSA) is 41.1 Å². The van der Waals surface area contributed by atoms with Crippen molar-refractivity contribution in [3.05, 3.63) is 12.2 Å². The van der Waals surface area contributed by atoms with Crippen molar-refractivity contribution in [1.82, 2.24) is 10.6 Å². The molecule has 1 amide bonds. The number of nitrogens with one attached hydrogen (secondary N) is 2. The first-order chi connectivity index (χ1) is 7.18. The van der Waals surface area contributed by atoms with Gasteiger partial charge in [-0.05, 0) is 19.3 Å². The van der Waals surface area contributed by atoms with Gasteiger partial charge in [-0.15, -0.1) is 0 Å². The van der Waals surface area contributed by atoms with Crippen LogP contribution in [-0.4, -0.2) is 24.5 Å². The molecular weight excluding hydrogens is 188 g/mol. The fourth-order valence-electron chi connectivity index (χ4n) is 1.70. The lowest BCUT2D eigenvalue weighted by Crippen LogP contribution is -2.37. The second kappa shape index (κ2) is 6.62. The third-order valence-corrected chi connectivity index (χ3v) is 2.54. The zero-order valence-electron chi connectivity index (χ0n) is 9.75. The van der Waals surface area contributed by atoms with Crippen LogP contribution in [0.1, 0.15) is 39.5 Å². The quantitative estimate of drug-likeness (QED) is 0.677. The highest BCUT2D eigenvalue weighted by Gasteiger charge is 2.12. The van der Waals surface area contributed by atoms with Crippen molar-refractivity contribution in [1.29, 1.82) is 0 Å². The van der Waals surface area contributed by atoms with Crippen LogP contribution in [0.5, 0.6) is 0 Å². The lowest BCUT2D eigenvalue weighted by molar-refractivity contribution is -0.121. The van der Waals surface area contributed by atoms with Gasteiger partial charge < -0.3 is 10.6 Å². The Morgan fingerprint density at radius 3 is 2.87 bits per heavy atom. The van der Waals surface area contributed by atoms with E-state index in [0.29, 0.717) is 18.5 Å². The second-order valence-corrected chi connectivity index (χ2v) is 4.41. The molecule has 0 aromatic heterocycles. The van der Waals surface area contributed by atoms with E-state index in [0.717, 1.165) is 25.8 Å². The molecule has 0 aliphatic heterocycles. The van der Waals surface area contributed by atoms with Gasteiger partial charge in [0.15, 0.2) is 0 Å². The van der Waals surface area contributed by atoms with Gasteiger partial charge in [0, 0.05) is 25.0 Å². The molecule has 0 heterocycles. The summed E-state index contributed by atoms with van der Waals surface area (Å²) in [5, 5.41) is 6.30. The van der Waals surface area contributed by atoms with Crippen molar-refractivity contribution in [2.24, 2.45) is 0 Å². The minimum atomic E-state index is 0.170. The summed E-state index contributed by atoms with van der Waals surface area (Å²) in [5.74, 6) is 0.170. The second-order valence-electron chi connectivity index (χ2n) is 4.41. The molecular formula is C12H22N2O. The minimum Gasteiger partial charge on any atom is -0.353 e. The Hall–Kier alpha value is -0.830. The number of carbonyl (C=O) groups excluding carboxylic acids is 1. The SMILES string of the molecule is CC(C)NCCC(=O)NC1CC=CCC1. The number of hydrogen-bond acceptors (Lipinski definition) is 2. The Morgan fingerprint density at radius 2 is 2.27 bits per heavy atom. The highest BCUT2D eigenvalue weighted by molar-refractivity contribution is 5.76. The van der Waals surface area contributed by atoms with Crippen molar-refractivity contribution in [3.8, 4) is 0 Å². The smallest absolute Gasteiger partial charge is 0.221 e. The molecule has 0 fully saturated rings. The molecule has 1 aliphatic carbocycles. The number of hydrogen-bond donors (Lipinski definition) is 2. The summed E-state index contributed by atoms with van der Waals surface area (Å²) < 4.78 is 0. The van der Waals surface area contributed by atoms with Crippen LogP contribution in [0.3, 0.4) is 0 Å². The van der Waals surface area contributed by atoms with Gasteiger partial charge in [0.05, 0.1) is 0 Å². The largest absolute Gasteiger partial charge is 0.353 e. The molecule has 1 aliphatic rings. The first-order valence-corrected chi connectivity index (χ1v) is 5.86. The fourth-order valence-corrected chi connectivity index (χ4v) is 1.70. The molecule has 0 aromatic rings. The van der Waals surface area contributed by atoms with E-state index < -0.39 is 0 Å². The van der Waals surface area contributed by atoms with Crippen LogP contribution in [-0.2, 0) is 4.79 Å². The maximum Gasteiger partial charge on any atom is 0.221 e. The number of carbonyl (C=O) groups is 1. The third-order valence-electron chi connectivity index (χ3n) is 2.54. The maximum atomic E-state index is 11.5. The summed E-state index contributed by atoms with van der Waals surface area (Å²) in [7, 11) is 0. The Morgan fingerprint density at radius 1 is 1.47 bits per heavy atom. The van der Waals surface area contributed by atoms with Gasteiger partial charge in [0.2, 0.25) is 5.91 Å². The Bertz CT molecular complexity index is 224. The van der Waals surface area contributed by atoms with Gasteiger partial charge in [-0.2, -0.15) is 0 Å². The molecule has 1 atom stereocenters. The summed E-state index contributed by atoms with van der Waals surface area (Å²) in [5.41, 5.74) is 0. The van der Waals surface area contributed by atoms with Crippen LogP contribution >= 0.6 is 0 Å². The van der Waals surface area contributed by atoms with E-state index in [1.807, 2.05) is 0 Å². The van der Waals surface area contributed by atoms with E-state index in [-0.39, 0.29) is 5.91 Å². The Labute approximate surface area is 92.3 Å². The van der Waals surface area contributed by atoms with Crippen LogP contribution in [0.2, 0.25) is 0 Å². The summed E-state index contributed by atoms with van der Waals surface area (Å²) in [6.45, 7) is 4.94. The molecule has 0 bridgehead atoms. The molecule has 15 heavy (non-hydrogen) atoms. The van der Waals surface area contributed by atoms with Crippen LogP contribution < -0.4 is 10.6 Å². The molecule has 0 saturated carbocycles. The molecule has 1 rings (SSSR count). The Balaban J connectivity index is 2.10. The van der Waals surface area contributed by atoms with E-state index >= 15 is 0 Å². The van der Waals surface area contributed by atoms with Crippen LogP contribution in [0.25, 0.3) is 0 Å². The summed E-state index contributed by atoms with van der Waals surface area (Å²) in [4.78, 5) is 11.5. The first-order valence-electron chi connectivity index (χ1n) is 5.86. The summed E-state index contributed by atoms with van der Waals surface area (Å²) in [6.07, 6.45) is 8.08.